The monoisotopic (exact) mass is 294 g/mol. The van der Waals surface area contributed by atoms with Crippen LogP contribution in [0, 0.1) is 11.3 Å². The lowest BCUT2D eigenvalue weighted by Crippen LogP contribution is -2.10. The van der Waals surface area contributed by atoms with Gasteiger partial charge in [0.15, 0.2) is 0 Å². The third-order valence-electron chi connectivity index (χ3n) is 2.01. The molecule has 0 fully saturated rings. The van der Waals surface area contributed by atoms with E-state index in [9.17, 15) is 0 Å². The Labute approximate surface area is 110 Å². The number of hydrogen-bond donors (Lipinski definition) is 1. The van der Waals surface area contributed by atoms with Crippen LogP contribution in [0.3, 0.4) is 0 Å². The Hall–Kier alpha value is -1.31. The summed E-state index contributed by atoms with van der Waals surface area (Å²) in [7, 11) is 0. The van der Waals surface area contributed by atoms with Gasteiger partial charge in [-0.25, -0.2) is 0 Å². The second-order valence-corrected chi connectivity index (χ2v) is 4.60. The summed E-state index contributed by atoms with van der Waals surface area (Å²) in [4.78, 5) is 0. The largest absolute Gasteiger partial charge is 0.383 e. The summed E-state index contributed by atoms with van der Waals surface area (Å²) in [6.07, 6.45) is 0. The Morgan fingerprint density at radius 2 is 2.35 bits per heavy atom. The van der Waals surface area contributed by atoms with E-state index in [0.29, 0.717) is 18.8 Å². The van der Waals surface area contributed by atoms with Crippen molar-refractivity contribution in [1.29, 1.82) is 5.26 Å². The number of hydrogen-bond acceptors (Lipinski definition) is 3. The molecule has 0 saturated heterocycles. The summed E-state index contributed by atoms with van der Waals surface area (Å²) in [6, 6.07) is 7.64. The van der Waals surface area contributed by atoms with Crippen molar-refractivity contribution >= 4 is 21.6 Å². The number of nitrogens with zero attached hydrogens (tertiary/aromatic N) is 1. The van der Waals surface area contributed by atoms with Crippen LogP contribution in [0.4, 0.5) is 5.69 Å². The van der Waals surface area contributed by atoms with Gasteiger partial charge in [-0.3, -0.25) is 0 Å². The van der Waals surface area contributed by atoms with Gasteiger partial charge in [-0.05, 0) is 41.1 Å². The minimum Gasteiger partial charge on any atom is -0.383 e. The van der Waals surface area contributed by atoms with Gasteiger partial charge in [0.2, 0.25) is 0 Å². The fourth-order valence-corrected chi connectivity index (χ4v) is 1.70. The van der Waals surface area contributed by atoms with Crippen molar-refractivity contribution in [2.24, 2.45) is 0 Å². The SMILES string of the molecule is C=C(C)COCCNc1ccc(C#N)c(Br)c1. The molecule has 0 aliphatic rings. The number of nitriles is 1. The quantitative estimate of drug-likeness (QED) is 0.647. The van der Waals surface area contributed by atoms with Crippen molar-refractivity contribution in [3.63, 3.8) is 0 Å². The van der Waals surface area contributed by atoms with E-state index in [1.807, 2.05) is 19.1 Å². The normalized spacial score (nSPS) is 9.71. The van der Waals surface area contributed by atoms with Crippen molar-refractivity contribution in [2.45, 2.75) is 6.92 Å². The van der Waals surface area contributed by atoms with Gasteiger partial charge >= 0.3 is 0 Å². The topological polar surface area (TPSA) is 45.0 Å². The van der Waals surface area contributed by atoms with Crippen LogP contribution in [0.1, 0.15) is 12.5 Å². The Morgan fingerprint density at radius 3 is 2.94 bits per heavy atom. The summed E-state index contributed by atoms with van der Waals surface area (Å²) in [5.74, 6) is 0. The molecule has 1 aromatic rings. The molecule has 0 aliphatic heterocycles. The van der Waals surface area contributed by atoms with E-state index < -0.39 is 0 Å². The minimum atomic E-state index is 0.596. The van der Waals surface area contributed by atoms with Crippen LogP contribution < -0.4 is 5.32 Å². The van der Waals surface area contributed by atoms with Crippen molar-refractivity contribution < 1.29 is 4.74 Å². The number of benzene rings is 1. The molecule has 0 spiro atoms. The molecule has 90 valence electrons. The lowest BCUT2D eigenvalue weighted by atomic mass is 10.2. The van der Waals surface area contributed by atoms with Gasteiger partial charge in [0.05, 0.1) is 18.8 Å². The molecule has 1 rings (SSSR count). The molecule has 0 heterocycles. The van der Waals surface area contributed by atoms with Crippen molar-refractivity contribution in [3.8, 4) is 6.07 Å². The highest BCUT2D eigenvalue weighted by molar-refractivity contribution is 9.10. The van der Waals surface area contributed by atoms with Crippen LogP contribution in [-0.2, 0) is 4.74 Å². The Kier molecular flexibility index (Phi) is 5.75. The first-order chi connectivity index (χ1) is 8.13. The molecule has 1 N–H and O–H groups in total. The number of anilines is 1. The Balaban J connectivity index is 2.35. The maximum Gasteiger partial charge on any atom is 0.100 e. The Morgan fingerprint density at radius 1 is 1.59 bits per heavy atom. The maximum absolute atomic E-state index is 8.78. The molecule has 0 radical (unpaired) electrons. The van der Waals surface area contributed by atoms with Gasteiger partial charge in [-0.2, -0.15) is 5.26 Å². The highest BCUT2D eigenvalue weighted by Crippen LogP contribution is 2.20. The average molecular weight is 295 g/mol. The molecule has 4 heteroatoms. The third-order valence-corrected chi connectivity index (χ3v) is 2.67. The fraction of sp³-hybridized carbons (Fsp3) is 0.308. The van der Waals surface area contributed by atoms with Crippen LogP contribution in [-0.4, -0.2) is 19.8 Å². The summed E-state index contributed by atoms with van der Waals surface area (Å²) in [5.41, 5.74) is 2.62. The summed E-state index contributed by atoms with van der Waals surface area (Å²) in [5, 5.41) is 12.0. The minimum absolute atomic E-state index is 0.596. The standard InChI is InChI=1S/C13H15BrN2O/c1-10(2)9-17-6-5-16-12-4-3-11(8-15)13(14)7-12/h3-4,7,16H,1,5-6,9H2,2H3. The highest BCUT2D eigenvalue weighted by Gasteiger charge is 1.99. The second kappa shape index (κ2) is 7.10. The molecular weight excluding hydrogens is 280 g/mol. The molecule has 0 bridgehead atoms. The third kappa shape index (κ3) is 5.03. The zero-order chi connectivity index (χ0) is 12.7. The number of rotatable bonds is 6. The first kappa shape index (κ1) is 13.8. The summed E-state index contributed by atoms with van der Waals surface area (Å²) < 4.78 is 6.16. The van der Waals surface area contributed by atoms with E-state index in [0.717, 1.165) is 22.3 Å². The Bertz CT molecular complexity index is 438. The average Bonchev–Trinajstić information content (AvgIpc) is 2.28. The van der Waals surface area contributed by atoms with E-state index in [-0.39, 0.29) is 0 Å². The van der Waals surface area contributed by atoms with E-state index in [1.165, 1.54) is 0 Å². The molecule has 0 aromatic heterocycles. The second-order valence-electron chi connectivity index (χ2n) is 3.74. The van der Waals surface area contributed by atoms with Crippen molar-refractivity contribution in [3.05, 3.63) is 40.4 Å². The first-order valence-electron chi connectivity index (χ1n) is 5.29. The molecule has 0 saturated carbocycles. The van der Waals surface area contributed by atoms with E-state index >= 15 is 0 Å². The highest BCUT2D eigenvalue weighted by atomic mass is 79.9. The first-order valence-corrected chi connectivity index (χ1v) is 6.08. The molecular formula is C13H15BrN2O. The van der Waals surface area contributed by atoms with Crippen LogP contribution in [0.5, 0.6) is 0 Å². The van der Waals surface area contributed by atoms with E-state index in [1.54, 1.807) is 6.07 Å². The predicted octanol–water partition coefficient (Wildman–Crippen LogP) is 3.33. The predicted molar refractivity (Wildman–Crippen MR) is 73.0 cm³/mol. The lowest BCUT2D eigenvalue weighted by Gasteiger charge is -2.08. The van der Waals surface area contributed by atoms with Gasteiger partial charge in [0.1, 0.15) is 6.07 Å². The van der Waals surface area contributed by atoms with Crippen LogP contribution in [0.25, 0.3) is 0 Å². The van der Waals surface area contributed by atoms with Gasteiger partial charge in [0, 0.05) is 16.7 Å². The van der Waals surface area contributed by atoms with Gasteiger partial charge < -0.3 is 10.1 Å². The van der Waals surface area contributed by atoms with Crippen LogP contribution in [0.2, 0.25) is 0 Å². The maximum atomic E-state index is 8.78. The molecule has 0 atom stereocenters. The van der Waals surface area contributed by atoms with Gasteiger partial charge in [-0.1, -0.05) is 12.2 Å². The number of nitrogens with one attached hydrogen (secondary N) is 1. The summed E-state index contributed by atoms with van der Waals surface area (Å²) in [6.45, 7) is 7.65. The van der Waals surface area contributed by atoms with Crippen LogP contribution >= 0.6 is 15.9 Å². The van der Waals surface area contributed by atoms with E-state index in [4.69, 9.17) is 10.00 Å². The molecule has 0 unspecified atom stereocenters. The van der Waals surface area contributed by atoms with Crippen LogP contribution in [0.15, 0.2) is 34.8 Å². The number of ether oxygens (including phenoxy) is 1. The molecule has 17 heavy (non-hydrogen) atoms. The molecule has 3 nitrogen and oxygen atoms in total. The summed E-state index contributed by atoms with van der Waals surface area (Å²) >= 11 is 3.34. The lowest BCUT2D eigenvalue weighted by molar-refractivity contribution is 0.167. The van der Waals surface area contributed by atoms with E-state index in [2.05, 4.69) is 33.9 Å². The molecule has 0 amide bonds. The smallest absolute Gasteiger partial charge is 0.100 e. The van der Waals surface area contributed by atoms with Crippen molar-refractivity contribution in [1.82, 2.24) is 0 Å². The fourth-order valence-electron chi connectivity index (χ4n) is 1.23. The zero-order valence-electron chi connectivity index (χ0n) is 9.79. The van der Waals surface area contributed by atoms with Gasteiger partial charge in [0.25, 0.3) is 0 Å². The molecule has 0 aliphatic carbocycles. The number of halogens is 1. The zero-order valence-corrected chi connectivity index (χ0v) is 11.4. The van der Waals surface area contributed by atoms with Gasteiger partial charge in [-0.15, -0.1) is 0 Å². The van der Waals surface area contributed by atoms with Crippen molar-refractivity contribution in [2.75, 3.05) is 25.1 Å². The molecule has 1 aromatic carbocycles.